The third-order valence-electron chi connectivity index (χ3n) is 4.05. The number of carbonyl (C=O) groups excluding carboxylic acids is 1. The molecular formula is C16H25N3O. The third-order valence-corrected chi connectivity index (χ3v) is 4.05. The molecule has 0 aliphatic carbocycles. The van der Waals surface area contributed by atoms with Crippen molar-refractivity contribution in [3.05, 3.63) is 29.8 Å². The number of amides is 2. The molecule has 1 heterocycles. The van der Waals surface area contributed by atoms with Gasteiger partial charge in [0.15, 0.2) is 0 Å². The van der Waals surface area contributed by atoms with Crippen molar-refractivity contribution in [3.63, 3.8) is 0 Å². The lowest BCUT2D eigenvalue weighted by atomic mass is 10.1. The van der Waals surface area contributed by atoms with Crippen LogP contribution in [-0.2, 0) is 6.54 Å². The number of nitrogens with one attached hydrogen (secondary N) is 1. The van der Waals surface area contributed by atoms with Gasteiger partial charge < -0.3 is 16.0 Å². The van der Waals surface area contributed by atoms with Gasteiger partial charge in [0.2, 0.25) is 0 Å². The minimum atomic E-state index is 0.0271. The topological polar surface area (TPSA) is 58.4 Å². The normalized spacial score (nSPS) is 19.5. The number of anilines is 1. The molecule has 0 spiro atoms. The fourth-order valence-corrected chi connectivity index (χ4v) is 2.79. The molecule has 0 saturated carbocycles. The SMILES string of the molecule is CCC1CCCCCN1C(=O)Nc1ccc(CN)cc1. The summed E-state index contributed by atoms with van der Waals surface area (Å²) in [5.41, 5.74) is 7.49. The predicted octanol–water partition coefficient (Wildman–Crippen LogP) is 3.33. The Morgan fingerprint density at radius 1 is 1.30 bits per heavy atom. The Bertz CT molecular complexity index is 430. The summed E-state index contributed by atoms with van der Waals surface area (Å²) in [4.78, 5) is 14.4. The highest BCUT2D eigenvalue weighted by atomic mass is 16.2. The summed E-state index contributed by atoms with van der Waals surface area (Å²) in [6.45, 7) is 3.55. The first kappa shape index (κ1) is 14.9. The van der Waals surface area contributed by atoms with Crippen LogP contribution in [0, 0.1) is 0 Å². The lowest BCUT2D eigenvalue weighted by Crippen LogP contribution is -2.42. The fraction of sp³-hybridized carbons (Fsp3) is 0.562. The molecule has 4 nitrogen and oxygen atoms in total. The van der Waals surface area contributed by atoms with E-state index in [1.54, 1.807) is 0 Å². The van der Waals surface area contributed by atoms with Gasteiger partial charge in [-0.05, 0) is 37.0 Å². The Hall–Kier alpha value is -1.55. The molecule has 1 aliphatic rings. The molecule has 1 aromatic carbocycles. The van der Waals surface area contributed by atoms with Crippen molar-refractivity contribution in [2.45, 2.75) is 51.6 Å². The zero-order valence-electron chi connectivity index (χ0n) is 12.3. The maximum Gasteiger partial charge on any atom is 0.322 e. The molecule has 1 atom stereocenters. The number of likely N-dealkylation sites (tertiary alicyclic amines) is 1. The van der Waals surface area contributed by atoms with Gasteiger partial charge in [0, 0.05) is 24.8 Å². The molecular weight excluding hydrogens is 250 g/mol. The first-order valence-corrected chi connectivity index (χ1v) is 7.61. The monoisotopic (exact) mass is 275 g/mol. The Kier molecular flexibility index (Phi) is 5.41. The molecule has 1 unspecified atom stereocenters. The van der Waals surface area contributed by atoms with Gasteiger partial charge in [-0.15, -0.1) is 0 Å². The Morgan fingerprint density at radius 2 is 2.05 bits per heavy atom. The van der Waals surface area contributed by atoms with Gasteiger partial charge in [0.25, 0.3) is 0 Å². The van der Waals surface area contributed by atoms with Crippen LogP contribution in [0.3, 0.4) is 0 Å². The van der Waals surface area contributed by atoms with E-state index in [1.807, 2.05) is 29.2 Å². The summed E-state index contributed by atoms with van der Waals surface area (Å²) in [7, 11) is 0. The lowest BCUT2D eigenvalue weighted by molar-refractivity contribution is 0.187. The highest BCUT2D eigenvalue weighted by molar-refractivity contribution is 5.89. The smallest absolute Gasteiger partial charge is 0.322 e. The maximum atomic E-state index is 12.4. The molecule has 4 heteroatoms. The fourth-order valence-electron chi connectivity index (χ4n) is 2.79. The van der Waals surface area contributed by atoms with Crippen LogP contribution in [0.15, 0.2) is 24.3 Å². The molecule has 1 fully saturated rings. The van der Waals surface area contributed by atoms with E-state index >= 15 is 0 Å². The first-order chi connectivity index (χ1) is 9.74. The van der Waals surface area contributed by atoms with Crippen LogP contribution >= 0.6 is 0 Å². The number of hydrogen-bond donors (Lipinski definition) is 2. The van der Waals surface area contributed by atoms with Crippen LogP contribution in [0.25, 0.3) is 0 Å². The molecule has 110 valence electrons. The summed E-state index contributed by atoms with van der Waals surface area (Å²) in [6, 6.07) is 8.14. The first-order valence-electron chi connectivity index (χ1n) is 7.61. The number of nitrogens with zero attached hydrogens (tertiary/aromatic N) is 1. The molecule has 0 bridgehead atoms. The van der Waals surface area contributed by atoms with E-state index in [4.69, 9.17) is 5.73 Å². The number of hydrogen-bond acceptors (Lipinski definition) is 2. The predicted molar refractivity (Wildman–Crippen MR) is 82.6 cm³/mol. The highest BCUT2D eigenvalue weighted by Crippen LogP contribution is 2.20. The maximum absolute atomic E-state index is 12.4. The van der Waals surface area contributed by atoms with E-state index in [2.05, 4.69) is 12.2 Å². The number of benzene rings is 1. The lowest BCUT2D eigenvalue weighted by Gasteiger charge is -2.29. The average Bonchev–Trinajstić information content (AvgIpc) is 2.73. The molecule has 1 saturated heterocycles. The van der Waals surface area contributed by atoms with E-state index in [-0.39, 0.29) is 6.03 Å². The van der Waals surface area contributed by atoms with Crippen molar-refractivity contribution >= 4 is 11.7 Å². The number of nitrogens with two attached hydrogens (primary N) is 1. The zero-order chi connectivity index (χ0) is 14.4. The van der Waals surface area contributed by atoms with Crippen LogP contribution in [0.1, 0.15) is 44.6 Å². The summed E-state index contributed by atoms with van der Waals surface area (Å²) >= 11 is 0. The molecule has 20 heavy (non-hydrogen) atoms. The van der Waals surface area contributed by atoms with Gasteiger partial charge in [0.1, 0.15) is 0 Å². The van der Waals surface area contributed by atoms with Gasteiger partial charge in [-0.25, -0.2) is 4.79 Å². The molecule has 1 aliphatic heterocycles. The average molecular weight is 275 g/mol. The summed E-state index contributed by atoms with van der Waals surface area (Å²) in [6.07, 6.45) is 5.71. The molecule has 2 rings (SSSR count). The minimum Gasteiger partial charge on any atom is -0.326 e. The van der Waals surface area contributed by atoms with E-state index in [0.29, 0.717) is 12.6 Å². The summed E-state index contributed by atoms with van der Waals surface area (Å²) in [5.74, 6) is 0. The largest absolute Gasteiger partial charge is 0.326 e. The zero-order valence-corrected chi connectivity index (χ0v) is 12.3. The van der Waals surface area contributed by atoms with Crippen molar-refractivity contribution < 1.29 is 4.79 Å². The second kappa shape index (κ2) is 7.29. The molecule has 0 aromatic heterocycles. The Balaban J connectivity index is 2.01. The quantitative estimate of drug-likeness (QED) is 0.889. The summed E-state index contributed by atoms with van der Waals surface area (Å²) in [5, 5.41) is 3.00. The van der Waals surface area contributed by atoms with Crippen LogP contribution in [0.5, 0.6) is 0 Å². The number of urea groups is 1. The standard InChI is InChI=1S/C16H25N3O/c1-2-15-6-4-3-5-11-19(15)16(20)18-14-9-7-13(12-17)8-10-14/h7-10,15H,2-6,11-12,17H2,1H3,(H,18,20). The van der Waals surface area contributed by atoms with Crippen LogP contribution in [0.2, 0.25) is 0 Å². The second-order valence-electron chi connectivity index (χ2n) is 5.44. The van der Waals surface area contributed by atoms with Gasteiger partial charge in [0.05, 0.1) is 0 Å². The van der Waals surface area contributed by atoms with Crippen molar-refractivity contribution in [1.29, 1.82) is 0 Å². The minimum absolute atomic E-state index is 0.0271. The van der Waals surface area contributed by atoms with Crippen LogP contribution in [0.4, 0.5) is 10.5 Å². The van der Waals surface area contributed by atoms with Gasteiger partial charge in [-0.1, -0.05) is 31.9 Å². The van der Waals surface area contributed by atoms with Gasteiger partial charge in [-0.2, -0.15) is 0 Å². The van der Waals surface area contributed by atoms with Crippen molar-refractivity contribution in [2.75, 3.05) is 11.9 Å². The molecule has 1 aromatic rings. The van der Waals surface area contributed by atoms with E-state index < -0.39 is 0 Å². The van der Waals surface area contributed by atoms with E-state index in [0.717, 1.165) is 37.1 Å². The van der Waals surface area contributed by atoms with Crippen LogP contribution in [-0.4, -0.2) is 23.5 Å². The van der Waals surface area contributed by atoms with Gasteiger partial charge >= 0.3 is 6.03 Å². The number of rotatable bonds is 3. The molecule has 2 amide bonds. The third kappa shape index (κ3) is 3.73. The number of carbonyl (C=O) groups is 1. The Morgan fingerprint density at radius 3 is 2.70 bits per heavy atom. The van der Waals surface area contributed by atoms with Crippen molar-refractivity contribution in [3.8, 4) is 0 Å². The highest BCUT2D eigenvalue weighted by Gasteiger charge is 2.23. The van der Waals surface area contributed by atoms with E-state index in [1.165, 1.54) is 12.8 Å². The molecule has 0 radical (unpaired) electrons. The van der Waals surface area contributed by atoms with Crippen molar-refractivity contribution in [1.82, 2.24) is 4.90 Å². The second-order valence-corrected chi connectivity index (χ2v) is 5.44. The van der Waals surface area contributed by atoms with Crippen molar-refractivity contribution in [2.24, 2.45) is 5.73 Å². The van der Waals surface area contributed by atoms with E-state index in [9.17, 15) is 4.79 Å². The van der Waals surface area contributed by atoms with Crippen LogP contribution < -0.4 is 11.1 Å². The summed E-state index contributed by atoms with van der Waals surface area (Å²) < 4.78 is 0. The molecule has 3 N–H and O–H groups in total. The van der Waals surface area contributed by atoms with Gasteiger partial charge in [-0.3, -0.25) is 0 Å². The Labute approximate surface area is 121 Å².